The van der Waals surface area contributed by atoms with Crippen LogP contribution in [0, 0.1) is 11.8 Å². The van der Waals surface area contributed by atoms with Crippen molar-refractivity contribution < 1.29 is 13.9 Å². The summed E-state index contributed by atoms with van der Waals surface area (Å²) in [6.07, 6.45) is 5.76. The fraction of sp³-hybridized carbons (Fsp3) is 0.706. The Kier molecular flexibility index (Phi) is 3.92. The lowest BCUT2D eigenvalue weighted by Crippen LogP contribution is -2.48. The number of ether oxygens (including phenoxy) is 1. The third-order valence-electron chi connectivity index (χ3n) is 5.16. The Hall–Kier alpha value is -1.33. The number of nitrogens with zero attached hydrogens (tertiary/aromatic N) is 2. The van der Waals surface area contributed by atoms with Crippen LogP contribution in [0.5, 0.6) is 0 Å². The molecule has 0 radical (unpaired) electrons. The van der Waals surface area contributed by atoms with Crippen LogP contribution >= 0.6 is 0 Å². The van der Waals surface area contributed by atoms with Crippen LogP contribution in [0.4, 0.5) is 0 Å². The molecule has 1 aliphatic carbocycles. The Morgan fingerprint density at radius 2 is 2.14 bits per heavy atom. The van der Waals surface area contributed by atoms with Crippen molar-refractivity contribution in [3.05, 3.63) is 24.2 Å². The van der Waals surface area contributed by atoms with Crippen LogP contribution in [0.3, 0.4) is 0 Å². The quantitative estimate of drug-likeness (QED) is 0.855. The maximum absolute atomic E-state index is 12.5. The van der Waals surface area contributed by atoms with Crippen LogP contribution in [-0.4, -0.2) is 61.1 Å². The Bertz CT molecular complexity index is 512. The summed E-state index contributed by atoms with van der Waals surface area (Å²) in [6.45, 7) is 5.50. The Morgan fingerprint density at radius 1 is 1.23 bits per heavy atom. The van der Waals surface area contributed by atoms with Crippen LogP contribution in [0.15, 0.2) is 22.8 Å². The number of rotatable bonds is 3. The van der Waals surface area contributed by atoms with Gasteiger partial charge in [-0.25, -0.2) is 0 Å². The normalized spacial score (nSPS) is 29.9. The number of furan rings is 1. The van der Waals surface area contributed by atoms with Gasteiger partial charge in [0.2, 0.25) is 0 Å². The van der Waals surface area contributed by atoms with E-state index in [0.29, 0.717) is 24.8 Å². The van der Waals surface area contributed by atoms with Crippen molar-refractivity contribution in [2.45, 2.75) is 25.4 Å². The SMILES string of the molecule is O=C(c1ccco1)N1CCO[C@@H]2CN(CC3CC3)CC[C@@H]2C1. The van der Waals surface area contributed by atoms with Gasteiger partial charge in [-0.05, 0) is 43.9 Å². The van der Waals surface area contributed by atoms with E-state index >= 15 is 0 Å². The predicted molar refractivity (Wildman–Crippen MR) is 81.6 cm³/mol. The zero-order chi connectivity index (χ0) is 14.9. The lowest BCUT2D eigenvalue weighted by Gasteiger charge is -2.38. The van der Waals surface area contributed by atoms with Gasteiger partial charge in [0.05, 0.1) is 19.0 Å². The van der Waals surface area contributed by atoms with E-state index in [1.54, 1.807) is 18.4 Å². The smallest absolute Gasteiger partial charge is 0.289 e. The lowest BCUT2D eigenvalue weighted by atomic mass is 9.93. The molecule has 3 fully saturated rings. The average Bonchev–Trinajstić information content (AvgIpc) is 3.22. The summed E-state index contributed by atoms with van der Waals surface area (Å²) in [5.74, 6) is 1.82. The molecule has 22 heavy (non-hydrogen) atoms. The van der Waals surface area contributed by atoms with Gasteiger partial charge in [0.1, 0.15) is 0 Å². The molecule has 0 N–H and O–H groups in total. The monoisotopic (exact) mass is 304 g/mol. The first-order valence-corrected chi connectivity index (χ1v) is 8.46. The molecule has 1 amide bonds. The largest absolute Gasteiger partial charge is 0.459 e. The van der Waals surface area contributed by atoms with E-state index in [1.807, 2.05) is 4.90 Å². The van der Waals surface area contributed by atoms with E-state index in [4.69, 9.17) is 9.15 Å². The summed E-state index contributed by atoms with van der Waals surface area (Å²) in [6, 6.07) is 3.50. The van der Waals surface area contributed by atoms with Crippen molar-refractivity contribution in [3.8, 4) is 0 Å². The summed E-state index contributed by atoms with van der Waals surface area (Å²) in [4.78, 5) is 16.9. The van der Waals surface area contributed by atoms with Crippen LogP contribution in [0.2, 0.25) is 0 Å². The van der Waals surface area contributed by atoms with E-state index in [9.17, 15) is 4.79 Å². The van der Waals surface area contributed by atoms with Gasteiger partial charge in [-0.3, -0.25) is 4.79 Å². The van der Waals surface area contributed by atoms with Gasteiger partial charge >= 0.3 is 0 Å². The maximum atomic E-state index is 12.5. The van der Waals surface area contributed by atoms with Crippen LogP contribution in [0.1, 0.15) is 29.8 Å². The minimum atomic E-state index is -0.00494. The number of carbonyl (C=O) groups is 1. The molecule has 120 valence electrons. The van der Waals surface area contributed by atoms with Crippen LogP contribution in [-0.2, 0) is 4.74 Å². The van der Waals surface area contributed by atoms with Crippen molar-refractivity contribution in [2.75, 3.05) is 39.3 Å². The number of carbonyl (C=O) groups excluding carboxylic acids is 1. The molecule has 1 aromatic rings. The van der Waals surface area contributed by atoms with E-state index in [2.05, 4.69) is 4.90 Å². The van der Waals surface area contributed by atoms with E-state index in [0.717, 1.165) is 32.0 Å². The van der Waals surface area contributed by atoms with Crippen LogP contribution in [0.25, 0.3) is 0 Å². The van der Waals surface area contributed by atoms with E-state index in [-0.39, 0.29) is 12.0 Å². The highest BCUT2D eigenvalue weighted by Crippen LogP contribution is 2.32. The van der Waals surface area contributed by atoms with Gasteiger partial charge in [-0.15, -0.1) is 0 Å². The van der Waals surface area contributed by atoms with Crippen molar-refractivity contribution in [2.24, 2.45) is 11.8 Å². The van der Waals surface area contributed by atoms with E-state index < -0.39 is 0 Å². The zero-order valence-electron chi connectivity index (χ0n) is 12.9. The molecule has 1 saturated carbocycles. The van der Waals surface area contributed by atoms with Gasteiger partial charge in [0.25, 0.3) is 5.91 Å². The zero-order valence-corrected chi connectivity index (χ0v) is 12.9. The summed E-state index contributed by atoms with van der Waals surface area (Å²) < 4.78 is 11.3. The first-order chi connectivity index (χ1) is 10.8. The van der Waals surface area contributed by atoms with Crippen molar-refractivity contribution >= 4 is 5.91 Å². The fourth-order valence-corrected chi connectivity index (χ4v) is 3.69. The highest BCUT2D eigenvalue weighted by Gasteiger charge is 2.36. The predicted octanol–water partition coefficient (Wildman–Crippen LogP) is 1.85. The maximum Gasteiger partial charge on any atom is 0.289 e. The fourth-order valence-electron chi connectivity index (χ4n) is 3.69. The summed E-state index contributed by atoms with van der Waals surface area (Å²) in [7, 11) is 0. The average molecular weight is 304 g/mol. The summed E-state index contributed by atoms with van der Waals surface area (Å²) in [5, 5.41) is 0. The highest BCUT2D eigenvalue weighted by atomic mass is 16.5. The van der Waals surface area contributed by atoms with E-state index in [1.165, 1.54) is 19.4 Å². The molecule has 0 bridgehead atoms. The molecule has 4 rings (SSSR count). The molecule has 2 aliphatic heterocycles. The Morgan fingerprint density at radius 3 is 2.91 bits per heavy atom. The summed E-state index contributed by atoms with van der Waals surface area (Å²) >= 11 is 0. The van der Waals surface area contributed by atoms with Gasteiger partial charge in [0, 0.05) is 32.1 Å². The molecule has 3 aliphatic rings. The molecule has 0 spiro atoms. The standard InChI is InChI=1S/C17H24N2O3/c20-17(15-2-1-8-21-15)19-7-9-22-16-12-18(10-13-3-4-13)6-5-14(16)11-19/h1-2,8,13-14,16H,3-7,9-12H2/t14-,16-/m1/s1. The first-order valence-electron chi connectivity index (χ1n) is 8.46. The molecular formula is C17H24N2O3. The molecule has 5 heteroatoms. The molecule has 5 nitrogen and oxygen atoms in total. The second-order valence-electron chi connectivity index (χ2n) is 6.89. The number of amides is 1. The van der Waals surface area contributed by atoms with Gasteiger partial charge in [-0.1, -0.05) is 0 Å². The molecule has 2 atom stereocenters. The second kappa shape index (κ2) is 6.05. The van der Waals surface area contributed by atoms with Crippen LogP contribution < -0.4 is 0 Å². The number of likely N-dealkylation sites (tertiary alicyclic amines) is 1. The molecule has 0 unspecified atom stereocenters. The summed E-state index contributed by atoms with van der Waals surface area (Å²) in [5.41, 5.74) is 0. The second-order valence-corrected chi connectivity index (χ2v) is 6.89. The Balaban J connectivity index is 1.38. The molecule has 2 saturated heterocycles. The third kappa shape index (κ3) is 3.06. The lowest BCUT2D eigenvalue weighted by molar-refractivity contribution is -0.0229. The molecular weight excluding hydrogens is 280 g/mol. The van der Waals surface area contributed by atoms with Crippen molar-refractivity contribution in [1.82, 2.24) is 9.80 Å². The van der Waals surface area contributed by atoms with Gasteiger partial charge in [-0.2, -0.15) is 0 Å². The number of fused-ring (bicyclic) bond motifs is 1. The van der Waals surface area contributed by atoms with Gasteiger partial charge < -0.3 is 19.0 Å². The third-order valence-corrected chi connectivity index (χ3v) is 5.16. The minimum absolute atomic E-state index is 0.00494. The molecule has 3 heterocycles. The molecule has 0 aromatic carbocycles. The highest BCUT2D eigenvalue weighted by molar-refractivity contribution is 5.91. The minimum Gasteiger partial charge on any atom is -0.459 e. The topological polar surface area (TPSA) is 45.9 Å². The molecule has 1 aromatic heterocycles. The number of hydrogen-bond donors (Lipinski definition) is 0. The van der Waals surface area contributed by atoms with Crippen molar-refractivity contribution in [1.29, 1.82) is 0 Å². The van der Waals surface area contributed by atoms with Crippen molar-refractivity contribution in [3.63, 3.8) is 0 Å². The first kappa shape index (κ1) is 14.3. The van der Waals surface area contributed by atoms with Gasteiger partial charge in [0.15, 0.2) is 5.76 Å². The Labute approximate surface area is 131 Å². The number of hydrogen-bond acceptors (Lipinski definition) is 4. The number of piperidine rings is 1.